The molecule has 1 aromatic rings. The largest absolute Gasteiger partial charge is 0.491 e. The highest BCUT2D eigenvalue weighted by Gasteiger charge is 2.18. The van der Waals surface area contributed by atoms with Gasteiger partial charge in [0.05, 0.1) is 10.5 Å². The molecule has 0 fully saturated rings. The van der Waals surface area contributed by atoms with Gasteiger partial charge in [0.25, 0.3) is 0 Å². The molecule has 0 bridgehead atoms. The fourth-order valence-corrected chi connectivity index (χ4v) is 1.75. The predicted octanol–water partition coefficient (Wildman–Crippen LogP) is 1.63. The summed E-state index contributed by atoms with van der Waals surface area (Å²) in [5.41, 5.74) is -0.866. The first-order valence-electron chi connectivity index (χ1n) is 5.40. The quantitative estimate of drug-likeness (QED) is 0.872. The molecule has 1 N–H and O–H groups in total. The maximum absolute atomic E-state index is 11.2. The van der Waals surface area contributed by atoms with E-state index >= 15 is 0 Å². The van der Waals surface area contributed by atoms with Crippen LogP contribution < -0.4 is 4.74 Å². The molecule has 0 spiro atoms. The van der Waals surface area contributed by atoms with Crippen molar-refractivity contribution >= 4 is 9.84 Å². The van der Waals surface area contributed by atoms with E-state index in [2.05, 4.69) is 0 Å². The highest BCUT2D eigenvalue weighted by atomic mass is 32.2. The SMILES string of the molecule is CCC(C)(O)COc1ccc(S(C)(=O)=O)cc1. The minimum atomic E-state index is -3.17. The van der Waals surface area contributed by atoms with Crippen LogP contribution in [-0.4, -0.2) is 32.0 Å². The molecule has 1 unspecified atom stereocenters. The van der Waals surface area contributed by atoms with Gasteiger partial charge in [-0.05, 0) is 37.6 Å². The number of ether oxygens (including phenoxy) is 1. The molecule has 0 heterocycles. The summed E-state index contributed by atoms with van der Waals surface area (Å²) in [4.78, 5) is 0.257. The van der Waals surface area contributed by atoms with E-state index in [0.717, 1.165) is 6.26 Å². The Morgan fingerprint density at radius 3 is 2.24 bits per heavy atom. The Bertz CT molecular complexity index is 460. The smallest absolute Gasteiger partial charge is 0.175 e. The number of hydrogen-bond acceptors (Lipinski definition) is 4. The summed E-state index contributed by atoms with van der Waals surface area (Å²) in [6.07, 6.45) is 1.75. The Labute approximate surface area is 102 Å². The monoisotopic (exact) mass is 258 g/mol. The van der Waals surface area contributed by atoms with Crippen LogP contribution in [0, 0.1) is 0 Å². The zero-order valence-electron chi connectivity index (χ0n) is 10.3. The molecule has 1 rings (SSSR count). The number of hydrogen-bond donors (Lipinski definition) is 1. The molecule has 4 nitrogen and oxygen atoms in total. The van der Waals surface area contributed by atoms with Crippen molar-refractivity contribution < 1.29 is 18.3 Å². The standard InChI is InChI=1S/C12H18O4S/c1-4-12(2,13)9-16-10-5-7-11(8-6-10)17(3,14)15/h5-8,13H,4,9H2,1-3H3. The summed E-state index contributed by atoms with van der Waals surface area (Å²) in [6, 6.07) is 6.15. The Morgan fingerprint density at radius 1 is 1.29 bits per heavy atom. The third kappa shape index (κ3) is 4.36. The van der Waals surface area contributed by atoms with Crippen LogP contribution in [0.4, 0.5) is 0 Å². The van der Waals surface area contributed by atoms with Crippen LogP contribution in [0.2, 0.25) is 0 Å². The van der Waals surface area contributed by atoms with Crippen LogP contribution in [0.5, 0.6) is 5.75 Å². The number of aliphatic hydroxyl groups is 1. The number of sulfone groups is 1. The maximum Gasteiger partial charge on any atom is 0.175 e. The first kappa shape index (κ1) is 14.0. The van der Waals surface area contributed by atoms with Gasteiger partial charge in [0.2, 0.25) is 0 Å². The van der Waals surface area contributed by atoms with Gasteiger partial charge >= 0.3 is 0 Å². The molecule has 17 heavy (non-hydrogen) atoms. The molecule has 0 radical (unpaired) electrons. The third-order valence-electron chi connectivity index (χ3n) is 2.56. The van der Waals surface area contributed by atoms with Crippen molar-refractivity contribution in [2.24, 2.45) is 0 Å². The fraction of sp³-hybridized carbons (Fsp3) is 0.500. The minimum Gasteiger partial charge on any atom is -0.491 e. The van der Waals surface area contributed by atoms with E-state index in [1.165, 1.54) is 12.1 Å². The lowest BCUT2D eigenvalue weighted by Crippen LogP contribution is -2.31. The van der Waals surface area contributed by atoms with Gasteiger partial charge in [0, 0.05) is 6.26 Å². The van der Waals surface area contributed by atoms with Crippen LogP contribution in [0.25, 0.3) is 0 Å². The average molecular weight is 258 g/mol. The van der Waals surface area contributed by atoms with Crippen molar-refractivity contribution in [3.8, 4) is 5.75 Å². The van der Waals surface area contributed by atoms with E-state index in [1.807, 2.05) is 6.92 Å². The molecule has 0 aliphatic carbocycles. The van der Waals surface area contributed by atoms with Crippen molar-refractivity contribution in [3.63, 3.8) is 0 Å². The van der Waals surface area contributed by atoms with Crippen LogP contribution >= 0.6 is 0 Å². The van der Waals surface area contributed by atoms with Gasteiger partial charge in [0.15, 0.2) is 9.84 Å². The van der Waals surface area contributed by atoms with Crippen molar-refractivity contribution in [3.05, 3.63) is 24.3 Å². The van der Waals surface area contributed by atoms with Crippen molar-refractivity contribution in [1.29, 1.82) is 0 Å². The molecule has 96 valence electrons. The Morgan fingerprint density at radius 2 is 1.82 bits per heavy atom. The van der Waals surface area contributed by atoms with Crippen molar-refractivity contribution in [2.75, 3.05) is 12.9 Å². The van der Waals surface area contributed by atoms with Crippen molar-refractivity contribution in [1.82, 2.24) is 0 Å². The highest BCUT2D eigenvalue weighted by Crippen LogP contribution is 2.18. The van der Waals surface area contributed by atoms with Gasteiger partial charge in [-0.1, -0.05) is 6.92 Å². The minimum absolute atomic E-state index is 0.182. The molecule has 0 amide bonds. The Kier molecular flexibility index (Phi) is 4.16. The first-order chi connectivity index (χ1) is 7.74. The van der Waals surface area contributed by atoms with Crippen LogP contribution in [0.3, 0.4) is 0 Å². The normalized spacial score (nSPS) is 15.3. The molecule has 0 saturated carbocycles. The van der Waals surface area contributed by atoms with Gasteiger partial charge in [-0.25, -0.2) is 8.42 Å². The second kappa shape index (κ2) is 5.06. The van der Waals surface area contributed by atoms with E-state index < -0.39 is 15.4 Å². The van der Waals surface area contributed by atoms with Gasteiger partial charge in [-0.2, -0.15) is 0 Å². The van der Waals surface area contributed by atoms with Gasteiger partial charge in [0.1, 0.15) is 12.4 Å². The van der Waals surface area contributed by atoms with Crippen LogP contribution in [-0.2, 0) is 9.84 Å². The van der Waals surface area contributed by atoms with Gasteiger partial charge < -0.3 is 9.84 Å². The maximum atomic E-state index is 11.2. The third-order valence-corrected chi connectivity index (χ3v) is 3.69. The topological polar surface area (TPSA) is 63.6 Å². The molecule has 1 atom stereocenters. The molecule has 0 aliphatic heterocycles. The second-order valence-corrected chi connectivity index (χ2v) is 6.40. The van der Waals surface area contributed by atoms with Gasteiger partial charge in [-0.15, -0.1) is 0 Å². The highest BCUT2D eigenvalue weighted by molar-refractivity contribution is 7.90. The van der Waals surface area contributed by atoms with E-state index in [-0.39, 0.29) is 11.5 Å². The lowest BCUT2D eigenvalue weighted by molar-refractivity contribution is 0.00845. The Hall–Kier alpha value is -1.07. The average Bonchev–Trinajstić information content (AvgIpc) is 2.26. The first-order valence-corrected chi connectivity index (χ1v) is 7.29. The zero-order valence-corrected chi connectivity index (χ0v) is 11.1. The summed E-state index contributed by atoms with van der Waals surface area (Å²) in [6.45, 7) is 3.75. The van der Waals surface area contributed by atoms with E-state index in [4.69, 9.17) is 4.74 Å². The molecular formula is C12H18O4S. The number of benzene rings is 1. The lowest BCUT2D eigenvalue weighted by Gasteiger charge is -2.21. The van der Waals surface area contributed by atoms with Crippen LogP contribution in [0.1, 0.15) is 20.3 Å². The molecular weight excluding hydrogens is 240 g/mol. The summed E-state index contributed by atoms with van der Waals surface area (Å²) in [5.74, 6) is 0.547. The molecule has 0 saturated heterocycles. The summed E-state index contributed by atoms with van der Waals surface area (Å²) < 4.78 is 27.8. The molecule has 1 aromatic carbocycles. The lowest BCUT2D eigenvalue weighted by atomic mass is 10.1. The second-order valence-electron chi connectivity index (χ2n) is 4.38. The van der Waals surface area contributed by atoms with E-state index in [1.54, 1.807) is 19.1 Å². The zero-order chi connectivity index (χ0) is 13.1. The van der Waals surface area contributed by atoms with E-state index in [9.17, 15) is 13.5 Å². The van der Waals surface area contributed by atoms with Crippen molar-refractivity contribution in [2.45, 2.75) is 30.8 Å². The van der Waals surface area contributed by atoms with Crippen LogP contribution in [0.15, 0.2) is 29.2 Å². The molecule has 0 aliphatic rings. The van der Waals surface area contributed by atoms with E-state index in [0.29, 0.717) is 12.2 Å². The summed E-state index contributed by atoms with van der Waals surface area (Å²) in [7, 11) is -3.17. The molecule has 0 aromatic heterocycles. The molecule has 5 heteroatoms. The number of rotatable bonds is 5. The predicted molar refractivity (Wildman–Crippen MR) is 66.0 cm³/mol. The fourth-order valence-electron chi connectivity index (χ4n) is 1.12. The van der Waals surface area contributed by atoms with Gasteiger partial charge in [-0.3, -0.25) is 0 Å². The Balaban J connectivity index is 2.70. The summed E-state index contributed by atoms with van der Waals surface area (Å²) in [5, 5.41) is 9.75. The summed E-state index contributed by atoms with van der Waals surface area (Å²) >= 11 is 0.